The summed E-state index contributed by atoms with van der Waals surface area (Å²) in [5.74, 6) is 0. The quantitative estimate of drug-likeness (QED) is 0.538. The van der Waals surface area contributed by atoms with E-state index in [1.807, 2.05) is 12.2 Å². The highest BCUT2D eigenvalue weighted by Crippen LogP contribution is 2.38. The second kappa shape index (κ2) is 6.93. The summed E-state index contributed by atoms with van der Waals surface area (Å²) >= 11 is 0. The van der Waals surface area contributed by atoms with Crippen LogP contribution in [-0.4, -0.2) is 4.57 Å². The molecule has 1 aliphatic rings. The van der Waals surface area contributed by atoms with Gasteiger partial charge < -0.3 is 4.57 Å². The third-order valence-corrected chi connectivity index (χ3v) is 6.24. The molecule has 1 heteroatoms. The van der Waals surface area contributed by atoms with E-state index < -0.39 is 0 Å². The lowest BCUT2D eigenvalue weighted by molar-refractivity contribution is 1.01. The predicted octanol–water partition coefficient (Wildman–Crippen LogP) is 5.86. The number of hydrogen-bond donors (Lipinski definition) is 0. The fourth-order valence-electron chi connectivity index (χ4n) is 4.85. The van der Waals surface area contributed by atoms with E-state index in [-0.39, 0.29) is 0 Å². The molecular formula is C28H27N. The predicted molar refractivity (Wildman–Crippen MR) is 129 cm³/mol. The molecule has 0 radical (unpaired) electrons. The Morgan fingerprint density at radius 3 is 2.41 bits per heavy atom. The molecule has 0 spiro atoms. The summed E-state index contributed by atoms with van der Waals surface area (Å²) in [5.41, 5.74) is 9.45. The van der Waals surface area contributed by atoms with Crippen LogP contribution in [0, 0.1) is 6.92 Å². The normalized spacial score (nSPS) is 16.6. The van der Waals surface area contributed by atoms with Crippen LogP contribution in [0.25, 0.3) is 40.0 Å². The topological polar surface area (TPSA) is 4.93 Å². The average molecular weight is 378 g/mol. The molecule has 1 heterocycles. The van der Waals surface area contributed by atoms with E-state index in [1.165, 1.54) is 49.3 Å². The second-order valence-electron chi connectivity index (χ2n) is 7.67. The zero-order valence-corrected chi connectivity index (χ0v) is 17.6. The van der Waals surface area contributed by atoms with E-state index in [0.29, 0.717) is 0 Å². The van der Waals surface area contributed by atoms with Gasteiger partial charge in [-0.05, 0) is 65.0 Å². The first-order valence-corrected chi connectivity index (χ1v) is 9.98. The van der Waals surface area contributed by atoms with Gasteiger partial charge in [0.2, 0.25) is 0 Å². The number of aryl methyl sites for hydroxylation is 2. The van der Waals surface area contributed by atoms with Gasteiger partial charge in [-0.3, -0.25) is 0 Å². The summed E-state index contributed by atoms with van der Waals surface area (Å²) in [6.07, 6.45) is 8.90. The van der Waals surface area contributed by atoms with Gasteiger partial charge in [0.15, 0.2) is 0 Å². The van der Waals surface area contributed by atoms with Gasteiger partial charge in [0, 0.05) is 28.6 Å². The van der Waals surface area contributed by atoms with Gasteiger partial charge in [0.25, 0.3) is 0 Å². The van der Waals surface area contributed by atoms with E-state index in [0.717, 1.165) is 22.8 Å². The van der Waals surface area contributed by atoms with Gasteiger partial charge in [0.05, 0.1) is 5.52 Å². The molecule has 0 saturated carbocycles. The van der Waals surface area contributed by atoms with Crippen molar-refractivity contribution in [2.45, 2.75) is 20.3 Å². The molecular weight excluding hydrogens is 350 g/mol. The Bertz CT molecular complexity index is 1400. The van der Waals surface area contributed by atoms with Crippen LogP contribution in [0.1, 0.15) is 24.5 Å². The molecule has 1 nitrogen and oxygen atoms in total. The van der Waals surface area contributed by atoms with E-state index >= 15 is 0 Å². The highest BCUT2D eigenvalue weighted by molar-refractivity contribution is 6.11. The van der Waals surface area contributed by atoms with Gasteiger partial charge in [-0.1, -0.05) is 68.8 Å². The molecule has 1 aliphatic carbocycles. The minimum atomic E-state index is 0.807. The smallest absolute Gasteiger partial charge is 0.0574 e. The van der Waals surface area contributed by atoms with E-state index in [1.54, 1.807) is 0 Å². The lowest BCUT2D eigenvalue weighted by atomic mass is 9.93. The Hall–Kier alpha value is -3.32. The minimum Gasteiger partial charge on any atom is -0.343 e. The second-order valence-corrected chi connectivity index (χ2v) is 7.67. The first-order valence-electron chi connectivity index (χ1n) is 9.98. The van der Waals surface area contributed by atoms with Gasteiger partial charge in [-0.15, -0.1) is 0 Å². The molecule has 0 bridgehead atoms. The van der Waals surface area contributed by atoms with Gasteiger partial charge in [-0.2, -0.15) is 0 Å². The fourth-order valence-corrected chi connectivity index (χ4v) is 4.85. The fraction of sp³-hybridized carbons (Fsp3) is 0.143. The van der Waals surface area contributed by atoms with Crippen LogP contribution in [0.15, 0.2) is 78.9 Å². The van der Waals surface area contributed by atoms with Crippen molar-refractivity contribution in [3.63, 3.8) is 0 Å². The molecule has 4 rings (SSSR count). The zero-order valence-electron chi connectivity index (χ0n) is 17.6. The third-order valence-electron chi connectivity index (χ3n) is 6.24. The molecule has 0 aliphatic heterocycles. The van der Waals surface area contributed by atoms with Crippen molar-refractivity contribution < 1.29 is 0 Å². The minimum absolute atomic E-state index is 0.807. The Morgan fingerprint density at radius 1 is 1.07 bits per heavy atom. The van der Waals surface area contributed by atoms with E-state index in [4.69, 9.17) is 0 Å². The number of allylic oxidation sites excluding steroid dienone is 6. The third kappa shape index (κ3) is 2.54. The van der Waals surface area contributed by atoms with Gasteiger partial charge in [0.1, 0.15) is 0 Å². The van der Waals surface area contributed by atoms with Crippen LogP contribution in [0.5, 0.6) is 0 Å². The molecule has 2 aromatic carbocycles. The molecule has 0 N–H and O–H groups in total. The molecule has 29 heavy (non-hydrogen) atoms. The summed E-state index contributed by atoms with van der Waals surface area (Å²) in [7, 11) is 2.15. The van der Waals surface area contributed by atoms with Crippen molar-refractivity contribution in [3.8, 4) is 0 Å². The number of rotatable bonds is 3. The van der Waals surface area contributed by atoms with Crippen molar-refractivity contribution in [2.75, 3.05) is 0 Å². The SMILES string of the molecule is C=CC1=C(C=C)C(=C)/C(=c2\c(=C)c(/C=C\C)c(C)c3c4ccccc4n(C)c23)C1. The van der Waals surface area contributed by atoms with E-state index in [9.17, 15) is 0 Å². The Labute approximate surface area is 172 Å². The number of para-hydroxylation sites is 1. The number of hydrogen-bond acceptors (Lipinski definition) is 0. The van der Waals surface area contributed by atoms with Gasteiger partial charge >= 0.3 is 0 Å². The maximum absolute atomic E-state index is 4.55. The largest absolute Gasteiger partial charge is 0.343 e. The molecule has 0 saturated heterocycles. The number of fused-ring (bicyclic) bond motifs is 3. The molecule has 0 atom stereocenters. The molecule has 144 valence electrons. The van der Waals surface area contributed by atoms with Crippen LogP contribution in [0.2, 0.25) is 0 Å². The van der Waals surface area contributed by atoms with Crippen molar-refractivity contribution in [1.29, 1.82) is 0 Å². The Balaban J connectivity index is 2.34. The maximum atomic E-state index is 4.55. The Kier molecular flexibility index (Phi) is 4.55. The number of benzene rings is 2. The number of nitrogens with zero attached hydrogens (tertiary/aromatic N) is 1. The van der Waals surface area contributed by atoms with Crippen LogP contribution in [0.4, 0.5) is 0 Å². The summed E-state index contributed by atoms with van der Waals surface area (Å²) < 4.78 is 2.31. The van der Waals surface area contributed by atoms with Crippen molar-refractivity contribution >= 4 is 40.0 Å². The zero-order chi connectivity index (χ0) is 20.9. The van der Waals surface area contributed by atoms with Crippen LogP contribution < -0.4 is 10.4 Å². The lowest BCUT2D eigenvalue weighted by Crippen LogP contribution is -2.31. The maximum Gasteiger partial charge on any atom is 0.0574 e. The molecule has 1 aromatic heterocycles. The molecule has 0 amide bonds. The number of aromatic nitrogens is 1. The first-order chi connectivity index (χ1) is 14.0. The molecule has 0 unspecified atom stereocenters. The van der Waals surface area contributed by atoms with Crippen molar-refractivity contribution in [3.05, 3.63) is 101 Å². The van der Waals surface area contributed by atoms with Crippen LogP contribution in [-0.2, 0) is 7.05 Å². The van der Waals surface area contributed by atoms with Crippen LogP contribution >= 0.6 is 0 Å². The van der Waals surface area contributed by atoms with Crippen molar-refractivity contribution in [2.24, 2.45) is 7.05 Å². The Morgan fingerprint density at radius 2 is 1.79 bits per heavy atom. The van der Waals surface area contributed by atoms with Crippen LogP contribution in [0.3, 0.4) is 0 Å². The lowest BCUT2D eigenvalue weighted by Gasteiger charge is -2.11. The first kappa shape index (κ1) is 19.0. The summed E-state index contributed by atoms with van der Waals surface area (Å²) in [5, 5.41) is 4.83. The van der Waals surface area contributed by atoms with Gasteiger partial charge in [-0.25, -0.2) is 0 Å². The summed E-state index contributed by atoms with van der Waals surface area (Å²) in [6, 6.07) is 8.62. The highest BCUT2D eigenvalue weighted by atomic mass is 14.9. The molecule has 0 fully saturated rings. The summed E-state index contributed by atoms with van der Waals surface area (Å²) in [4.78, 5) is 0. The van der Waals surface area contributed by atoms with Crippen molar-refractivity contribution in [1.82, 2.24) is 4.57 Å². The average Bonchev–Trinajstić information content (AvgIpc) is 3.20. The molecule has 3 aromatic rings. The van der Waals surface area contributed by atoms with E-state index in [2.05, 4.69) is 88.2 Å². The monoisotopic (exact) mass is 377 g/mol. The summed E-state index contributed by atoms with van der Waals surface area (Å²) in [6.45, 7) is 21.2. The highest BCUT2D eigenvalue weighted by Gasteiger charge is 2.23. The standard InChI is InChI=1S/C28H27N/c1-8-13-22-18(5)26-23-14-11-12-15-25(23)29(7)28(26)27(19(22)6)24-16-20(9-2)21(10-3)17(24)4/h8-15H,2-4,6,16H2,1,5,7H3/b13-8-,27-24+.